The lowest BCUT2D eigenvalue weighted by Crippen LogP contribution is -2.61. The summed E-state index contributed by atoms with van der Waals surface area (Å²) in [6.07, 6.45) is 5.52. The molecule has 2 unspecified atom stereocenters. The molecule has 3 rings (SSSR count). The van der Waals surface area contributed by atoms with Gasteiger partial charge in [0, 0.05) is 24.2 Å². The largest absolute Gasteiger partial charge is 0.315 e. The molecule has 1 spiro atoms. The van der Waals surface area contributed by atoms with Crippen LogP contribution in [-0.4, -0.2) is 24.8 Å². The Balaban J connectivity index is 1.87. The van der Waals surface area contributed by atoms with Gasteiger partial charge in [-0.1, -0.05) is 27.2 Å². The number of fused-ring (bicyclic) bond motifs is 2. The first kappa shape index (κ1) is 10.8. The van der Waals surface area contributed by atoms with Gasteiger partial charge in [-0.05, 0) is 30.6 Å². The van der Waals surface area contributed by atoms with Crippen LogP contribution in [0.15, 0.2) is 4.99 Å². The van der Waals surface area contributed by atoms with Crippen molar-refractivity contribution in [3.05, 3.63) is 0 Å². The summed E-state index contributed by atoms with van der Waals surface area (Å²) in [5, 5.41) is 3.47. The predicted molar refractivity (Wildman–Crippen MR) is 67.9 cm³/mol. The van der Waals surface area contributed by atoms with Crippen LogP contribution in [0.25, 0.3) is 0 Å². The SMILES string of the molecule is CC(C)(C)C1=NC2C(CCCC23CNC3)C1. The second-order valence-corrected chi connectivity index (χ2v) is 7.09. The maximum absolute atomic E-state index is 5.13. The normalized spacial score (nSPS) is 36.8. The van der Waals surface area contributed by atoms with Gasteiger partial charge < -0.3 is 5.32 Å². The van der Waals surface area contributed by atoms with Crippen LogP contribution in [0.5, 0.6) is 0 Å². The molecule has 1 saturated carbocycles. The molecule has 1 saturated heterocycles. The minimum Gasteiger partial charge on any atom is -0.315 e. The van der Waals surface area contributed by atoms with E-state index in [-0.39, 0.29) is 5.41 Å². The van der Waals surface area contributed by atoms with E-state index in [9.17, 15) is 0 Å². The molecule has 90 valence electrons. The van der Waals surface area contributed by atoms with Crippen molar-refractivity contribution in [1.29, 1.82) is 0 Å². The Morgan fingerprint density at radius 2 is 2.06 bits per heavy atom. The first-order chi connectivity index (χ1) is 7.51. The van der Waals surface area contributed by atoms with E-state index in [0.717, 1.165) is 5.92 Å². The molecule has 1 aliphatic carbocycles. The average Bonchev–Trinajstić information content (AvgIpc) is 2.57. The summed E-state index contributed by atoms with van der Waals surface area (Å²) in [7, 11) is 0. The van der Waals surface area contributed by atoms with Crippen molar-refractivity contribution in [3.8, 4) is 0 Å². The van der Waals surface area contributed by atoms with Gasteiger partial charge in [0.05, 0.1) is 6.04 Å². The van der Waals surface area contributed by atoms with E-state index in [0.29, 0.717) is 11.5 Å². The fourth-order valence-electron chi connectivity index (χ4n) is 3.78. The molecule has 2 heterocycles. The van der Waals surface area contributed by atoms with Crippen LogP contribution in [-0.2, 0) is 0 Å². The molecule has 0 radical (unpaired) electrons. The van der Waals surface area contributed by atoms with Crippen LogP contribution in [0, 0.1) is 16.7 Å². The van der Waals surface area contributed by atoms with E-state index in [1.54, 1.807) is 0 Å². The van der Waals surface area contributed by atoms with Crippen LogP contribution in [0.3, 0.4) is 0 Å². The number of aliphatic imine (C=N–C) groups is 1. The Morgan fingerprint density at radius 1 is 1.31 bits per heavy atom. The molecule has 2 heteroatoms. The molecule has 2 fully saturated rings. The third kappa shape index (κ3) is 1.46. The third-order valence-corrected chi connectivity index (χ3v) is 4.89. The molecular weight excluding hydrogens is 196 g/mol. The number of nitrogens with one attached hydrogen (secondary N) is 1. The zero-order chi connectivity index (χ0) is 11.4. The van der Waals surface area contributed by atoms with Crippen LogP contribution in [0.4, 0.5) is 0 Å². The monoisotopic (exact) mass is 220 g/mol. The summed E-state index contributed by atoms with van der Waals surface area (Å²) in [5.74, 6) is 0.866. The highest BCUT2D eigenvalue weighted by molar-refractivity contribution is 5.91. The topological polar surface area (TPSA) is 24.4 Å². The summed E-state index contributed by atoms with van der Waals surface area (Å²) in [5.41, 5.74) is 2.32. The van der Waals surface area contributed by atoms with Gasteiger partial charge in [0.2, 0.25) is 0 Å². The molecular formula is C14H24N2. The Bertz CT molecular complexity index is 320. The molecule has 2 atom stereocenters. The molecule has 1 N–H and O–H groups in total. The molecule has 0 aromatic rings. The summed E-state index contributed by atoms with van der Waals surface area (Å²) in [6.45, 7) is 9.38. The Kier molecular flexibility index (Phi) is 2.23. The van der Waals surface area contributed by atoms with Crippen LogP contribution < -0.4 is 5.32 Å². The zero-order valence-electron chi connectivity index (χ0n) is 10.8. The maximum Gasteiger partial charge on any atom is 0.0611 e. The predicted octanol–water partition coefficient (Wildman–Crippen LogP) is 2.64. The van der Waals surface area contributed by atoms with Crippen molar-refractivity contribution in [2.45, 2.75) is 52.5 Å². The molecule has 2 nitrogen and oxygen atoms in total. The van der Waals surface area contributed by atoms with Gasteiger partial charge in [0.1, 0.15) is 0 Å². The maximum atomic E-state index is 5.13. The van der Waals surface area contributed by atoms with Crippen molar-refractivity contribution in [1.82, 2.24) is 5.32 Å². The van der Waals surface area contributed by atoms with Gasteiger partial charge in [0.25, 0.3) is 0 Å². The molecule has 2 aliphatic heterocycles. The highest BCUT2D eigenvalue weighted by atomic mass is 15.1. The minimum absolute atomic E-state index is 0.287. The lowest BCUT2D eigenvalue weighted by atomic mass is 9.62. The van der Waals surface area contributed by atoms with Crippen molar-refractivity contribution in [2.75, 3.05) is 13.1 Å². The van der Waals surface area contributed by atoms with E-state index >= 15 is 0 Å². The van der Waals surface area contributed by atoms with E-state index in [1.807, 2.05) is 0 Å². The fourth-order valence-corrected chi connectivity index (χ4v) is 3.78. The molecule has 0 aromatic carbocycles. The summed E-state index contributed by atoms with van der Waals surface area (Å²) >= 11 is 0. The zero-order valence-corrected chi connectivity index (χ0v) is 10.8. The highest BCUT2D eigenvalue weighted by Gasteiger charge is 2.52. The number of rotatable bonds is 0. The molecule has 0 aromatic heterocycles. The fraction of sp³-hybridized carbons (Fsp3) is 0.929. The minimum atomic E-state index is 0.287. The molecule has 0 amide bonds. The summed E-state index contributed by atoms with van der Waals surface area (Å²) < 4.78 is 0. The van der Waals surface area contributed by atoms with Crippen molar-refractivity contribution >= 4 is 5.71 Å². The average molecular weight is 220 g/mol. The van der Waals surface area contributed by atoms with E-state index in [2.05, 4.69) is 26.1 Å². The van der Waals surface area contributed by atoms with Crippen molar-refractivity contribution < 1.29 is 0 Å². The van der Waals surface area contributed by atoms with Crippen LogP contribution in [0.2, 0.25) is 0 Å². The highest BCUT2D eigenvalue weighted by Crippen LogP contribution is 2.49. The van der Waals surface area contributed by atoms with E-state index < -0.39 is 0 Å². The second-order valence-electron chi connectivity index (χ2n) is 7.09. The standard InChI is InChI=1S/C14H24N2/c1-13(2,3)11-7-10-5-4-6-14(8-15-9-14)12(10)16-11/h10,12,15H,4-9H2,1-3H3. The van der Waals surface area contributed by atoms with Crippen LogP contribution >= 0.6 is 0 Å². The Hall–Kier alpha value is -0.370. The molecule has 16 heavy (non-hydrogen) atoms. The molecule has 3 aliphatic rings. The van der Waals surface area contributed by atoms with Gasteiger partial charge in [0.15, 0.2) is 0 Å². The van der Waals surface area contributed by atoms with Crippen molar-refractivity contribution in [2.24, 2.45) is 21.7 Å². The molecule has 0 bridgehead atoms. The van der Waals surface area contributed by atoms with Gasteiger partial charge in [-0.3, -0.25) is 4.99 Å². The summed E-state index contributed by atoms with van der Waals surface area (Å²) in [6, 6.07) is 0.650. The third-order valence-electron chi connectivity index (χ3n) is 4.89. The van der Waals surface area contributed by atoms with Gasteiger partial charge >= 0.3 is 0 Å². The van der Waals surface area contributed by atoms with Crippen molar-refractivity contribution in [3.63, 3.8) is 0 Å². The Morgan fingerprint density at radius 3 is 2.62 bits per heavy atom. The number of hydrogen-bond donors (Lipinski definition) is 1. The van der Waals surface area contributed by atoms with Gasteiger partial charge in [-0.25, -0.2) is 0 Å². The first-order valence-corrected chi connectivity index (χ1v) is 6.79. The first-order valence-electron chi connectivity index (χ1n) is 6.79. The lowest BCUT2D eigenvalue weighted by molar-refractivity contribution is 0.0535. The van der Waals surface area contributed by atoms with Gasteiger partial charge in [-0.15, -0.1) is 0 Å². The Labute approximate surface area is 98.9 Å². The van der Waals surface area contributed by atoms with E-state index in [1.165, 1.54) is 44.5 Å². The smallest absolute Gasteiger partial charge is 0.0611 e. The van der Waals surface area contributed by atoms with Crippen LogP contribution in [0.1, 0.15) is 46.5 Å². The van der Waals surface area contributed by atoms with E-state index in [4.69, 9.17) is 4.99 Å². The quantitative estimate of drug-likeness (QED) is 0.667. The second kappa shape index (κ2) is 3.32. The number of nitrogens with zero attached hydrogens (tertiary/aromatic N) is 1. The lowest BCUT2D eigenvalue weighted by Gasteiger charge is -2.51. The van der Waals surface area contributed by atoms with Gasteiger partial charge in [-0.2, -0.15) is 0 Å². The summed E-state index contributed by atoms with van der Waals surface area (Å²) in [4.78, 5) is 5.13. The number of hydrogen-bond acceptors (Lipinski definition) is 2.